The van der Waals surface area contributed by atoms with Crippen LogP contribution >= 0.6 is 0 Å². The van der Waals surface area contributed by atoms with Gasteiger partial charge >= 0.3 is 41.8 Å². The zero-order chi connectivity index (χ0) is 53.4. The number of hydrogen-bond acceptors (Lipinski definition) is 25. The molecule has 3 saturated heterocycles. The fourth-order valence-electron chi connectivity index (χ4n) is 6.27. The van der Waals surface area contributed by atoms with Crippen LogP contribution in [0.2, 0.25) is 0 Å². The lowest BCUT2D eigenvalue weighted by atomic mass is 9.95. The predicted octanol–water partition coefficient (Wildman–Crippen LogP) is -1.39. The van der Waals surface area contributed by atoms with Gasteiger partial charge < -0.3 is 87.9 Å². The quantitative estimate of drug-likeness (QED) is 0.0883. The Balaban J connectivity index is 0.000000392. The van der Waals surface area contributed by atoms with Gasteiger partial charge in [-0.2, -0.15) is 0 Å². The Bertz CT molecular complexity index is 1860. The Labute approximate surface area is 404 Å². The van der Waals surface area contributed by atoms with Gasteiger partial charge in [-0.05, 0) is 47.1 Å². The molecule has 0 spiro atoms. The van der Waals surface area contributed by atoms with Crippen LogP contribution in [0.4, 0.5) is 0 Å². The van der Waals surface area contributed by atoms with Crippen molar-refractivity contribution < 1.29 is 121 Å². The summed E-state index contributed by atoms with van der Waals surface area (Å²) in [5.74, 6) is -4.78. The van der Waals surface area contributed by atoms with E-state index in [9.17, 15) is 43.8 Å². The number of benzene rings is 1. The predicted molar refractivity (Wildman–Crippen MR) is 231 cm³/mol. The number of aliphatic hydroxyl groups excluding tert-OH is 7. The lowest BCUT2D eigenvalue weighted by molar-refractivity contribution is -0.308. The summed E-state index contributed by atoms with van der Waals surface area (Å²) in [6.45, 7) is 14.6. The van der Waals surface area contributed by atoms with Crippen LogP contribution in [0, 0.1) is 10.8 Å². The molecule has 25 heteroatoms. The third kappa shape index (κ3) is 19.3. The molecule has 0 aliphatic carbocycles. The highest BCUT2D eigenvalue weighted by Gasteiger charge is 2.54. The van der Waals surface area contributed by atoms with E-state index in [0.29, 0.717) is 0 Å². The highest BCUT2D eigenvalue weighted by Crippen LogP contribution is 2.31. The average Bonchev–Trinajstić information content (AvgIpc) is 3.25. The van der Waals surface area contributed by atoms with Crippen LogP contribution < -0.4 is 0 Å². The van der Waals surface area contributed by atoms with Crippen LogP contribution in [0.15, 0.2) is 30.3 Å². The number of esters is 7. The second kappa shape index (κ2) is 27.6. The van der Waals surface area contributed by atoms with Crippen molar-refractivity contribution in [1.82, 2.24) is 0 Å². The van der Waals surface area contributed by atoms with Gasteiger partial charge in [0.2, 0.25) is 12.4 Å². The first-order valence-electron chi connectivity index (χ1n) is 21.9. The molecule has 398 valence electrons. The van der Waals surface area contributed by atoms with Crippen LogP contribution in [0.25, 0.3) is 0 Å². The number of aliphatic hydroxyl groups is 7. The summed E-state index contributed by atoms with van der Waals surface area (Å²) in [5, 5.41) is 66.1. The molecular formula is C45H68O25. The molecule has 3 aliphatic rings. The summed E-state index contributed by atoms with van der Waals surface area (Å²) >= 11 is 0. The molecule has 7 unspecified atom stereocenters. The minimum absolute atomic E-state index is 0.132. The summed E-state index contributed by atoms with van der Waals surface area (Å²) in [6.07, 6.45) is -20.1. The number of carbonyl (C=O) groups is 7. The van der Waals surface area contributed by atoms with Gasteiger partial charge in [-0.3, -0.25) is 33.6 Å². The Morgan fingerprint density at radius 2 is 0.986 bits per heavy atom. The van der Waals surface area contributed by atoms with Crippen molar-refractivity contribution in [3.8, 4) is 0 Å². The molecular weight excluding hydrogens is 940 g/mol. The maximum Gasteiger partial charge on any atom is 0.311 e. The zero-order valence-corrected chi connectivity index (χ0v) is 40.9. The minimum Gasteiger partial charge on any atom is -0.463 e. The van der Waals surface area contributed by atoms with E-state index in [-0.39, 0.29) is 13.2 Å². The van der Waals surface area contributed by atoms with E-state index in [1.807, 2.05) is 30.3 Å². The first-order chi connectivity index (χ1) is 32.4. The van der Waals surface area contributed by atoms with E-state index in [4.69, 9.17) is 72.9 Å². The van der Waals surface area contributed by atoms with Gasteiger partial charge in [0.1, 0.15) is 62.0 Å². The summed E-state index contributed by atoms with van der Waals surface area (Å²) in [7, 11) is 0. The molecule has 0 saturated carbocycles. The fraction of sp³-hybridized carbons (Fsp3) is 0.711. The Hall–Kier alpha value is -4.93. The topological polar surface area (TPSA) is 363 Å². The van der Waals surface area contributed by atoms with E-state index in [2.05, 4.69) is 4.74 Å². The maximum absolute atomic E-state index is 12.4. The molecule has 4 rings (SSSR count). The SMILES string of the molecule is CC(=O)OCC1O[C@@H](OC(C)=O)C(OC(C)=O)[C@@H](OC(C)=O)[C@H]1OC(C)=O.CC(C)(C)C(=O)OCC1O[C@@H](OCc2ccccc2)C(O)[C@@H](OC(=O)C(C)(C)C)[C@H]1O.OCC1OC(O)C(O)[C@@H](O)[C@H]1O. The summed E-state index contributed by atoms with van der Waals surface area (Å²) in [6, 6.07) is 9.27. The number of ether oxygens (including phenoxy) is 11. The van der Waals surface area contributed by atoms with Gasteiger partial charge in [0, 0.05) is 34.6 Å². The van der Waals surface area contributed by atoms with Crippen LogP contribution in [0.1, 0.15) is 81.7 Å². The minimum atomic E-state index is -1.57. The second-order valence-electron chi connectivity index (χ2n) is 18.2. The second-order valence-corrected chi connectivity index (χ2v) is 18.2. The number of hydrogen-bond donors (Lipinski definition) is 7. The molecule has 3 aliphatic heterocycles. The molecule has 0 bridgehead atoms. The molecule has 0 amide bonds. The summed E-state index contributed by atoms with van der Waals surface area (Å²) in [5.41, 5.74) is -0.726. The van der Waals surface area contributed by atoms with E-state index < -0.39 is 158 Å². The van der Waals surface area contributed by atoms with Crippen LogP contribution in [-0.4, -0.2) is 189 Å². The number of rotatable bonds is 13. The first-order valence-corrected chi connectivity index (χ1v) is 21.9. The van der Waals surface area contributed by atoms with Crippen LogP contribution in [0.5, 0.6) is 0 Å². The lowest BCUT2D eigenvalue weighted by Crippen LogP contribution is -2.63. The van der Waals surface area contributed by atoms with E-state index in [0.717, 1.165) is 40.2 Å². The van der Waals surface area contributed by atoms with Crippen molar-refractivity contribution >= 4 is 41.8 Å². The Morgan fingerprint density at radius 1 is 0.486 bits per heavy atom. The van der Waals surface area contributed by atoms with Crippen molar-refractivity contribution in [3.63, 3.8) is 0 Å². The van der Waals surface area contributed by atoms with Crippen molar-refractivity contribution in [1.29, 1.82) is 0 Å². The van der Waals surface area contributed by atoms with Crippen LogP contribution in [-0.2, 0) is 92.3 Å². The lowest BCUT2D eigenvalue weighted by Gasteiger charge is -2.43. The molecule has 0 radical (unpaired) electrons. The number of carbonyl (C=O) groups excluding carboxylic acids is 7. The molecule has 70 heavy (non-hydrogen) atoms. The van der Waals surface area contributed by atoms with Crippen molar-refractivity contribution in [3.05, 3.63) is 35.9 Å². The third-order valence-corrected chi connectivity index (χ3v) is 9.84. The van der Waals surface area contributed by atoms with Gasteiger partial charge in [0.15, 0.2) is 30.9 Å². The van der Waals surface area contributed by atoms with Crippen molar-refractivity contribution in [2.24, 2.45) is 10.8 Å². The maximum atomic E-state index is 12.4. The Morgan fingerprint density at radius 3 is 1.49 bits per heavy atom. The molecule has 7 N–H and O–H groups in total. The normalized spacial score (nSPS) is 30.8. The van der Waals surface area contributed by atoms with Gasteiger partial charge in [-0.1, -0.05) is 30.3 Å². The zero-order valence-electron chi connectivity index (χ0n) is 40.9. The molecule has 1 aromatic rings. The average molecular weight is 1010 g/mol. The largest absolute Gasteiger partial charge is 0.463 e. The summed E-state index contributed by atoms with van der Waals surface area (Å²) < 4.78 is 57.5. The highest BCUT2D eigenvalue weighted by molar-refractivity contribution is 5.76. The fourth-order valence-corrected chi connectivity index (χ4v) is 6.27. The van der Waals surface area contributed by atoms with Gasteiger partial charge in [0.25, 0.3) is 0 Å². The molecule has 3 fully saturated rings. The van der Waals surface area contributed by atoms with Gasteiger partial charge in [0.05, 0.1) is 24.0 Å². The van der Waals surface area contributed by atoms with Gasteiger partial charge in [-0.15, -0.1) is 0 Å². The van der Waals surface area contributed by atoms with Crippen molar-refractivity contribution in [2.75, 3.05) is 19.8 Å². The molecule has 25 nitrogen and oxygen atoms in total. The molecule has 15 atom stereocenters. The van der Waals surface area contributed by atoms with Gasteiger partial charge in [-0.25, -0.2) is 0 Å². The van der Waals surface area contributed by atoms with Crippen molar-refractivity contribution in [2.45, 2.75) is 175 Å². The smallest absolute Gasteiger partial charge is 0.311 e. The standard InChI is InChI=1S/C23H34O8.C16H22O11.C6H12O6/c1-22(2,3)20(26)29-13-15-16(24)18(31-21(27)23(4,5)6)17(25)19(30-15)28-12-14-10-8-7-9-11-14;1-7(17)22-6-12-13(23-8(2)18)14(24-9(3)19)15(25-10(4)20)16(27-12)26-11(5)21;7-1-2-3(8)4(9)5(10)6(11)12-2/h7-11,15-19,24-25H,12-13H2,1-6H3;12-16H,6H2,1-5H3;2-11H,1H2/t15?,16-,17?,18-,19+;12?,13-,14-,15?,16+;2?,3-,4-,5?,6?/m000/s1. The van der Waals surface area contributed by atoms with E-state index in [1.165, 1.54) is 0 Å². The van der Waals surface area contributed by atoms with E-state index in [1.54, 1.807) is 41.5 Å². The van der Waals surface area contributed by atoms with E-state index >= 15 is 0 Å². The third-order valence-electron chi connectivity index (χ3n) is 9.84. The molecule has 3 heterocycles. The Kier molecular flexibility index (Phi) is 24.1. The molecule has 0 aromatic heterocycles. The summed E-state index contributed by atoms with van der Waals surface area (Å²) in [4.78, 5) is 81.5. The van der Waals surface area contributed by atoms with Crippen LogP contribution in [0.3, 0.4) is 0 Å². The first kappa shape index (κ1) is 61.2. The highest BCUT2D eigenvalue weighted by atomic mass is 16.8. The monoisotopic (exact) mass is 1010 g/mol. The molecule has 1 aromatic carbocycles.